The lowest BCUT2D eigenvalue weighted by Gasteiger charge is -2.42. The fourth-order valence-electron chi connectivity index (χ4n) is 3.35. The fourth-order valence-corrected chi connectivity index (χ4v) is 5.36. The molecule has 2 rings (SSSR count). The maximum Gasteiger partial charge on any atom is 0.0363 e. The lowest BCUT2D eigenvalue weighted by molar-refractivity contribution is 0.125. The van der Waals surface area contributed by atoms with Crippen molar-refractivity contribution in [1.29, 1.82) is 0 Å². The van der Waals surface area contributed by atoms with E-state index < -0.39 is 10.8 Å². The third-order valence-corrected chi connectivity index (χ3v) is 7.28. The molecule has 1 aliphatic heterocycles. The van der Waals surface area contributed by atoms with Gasteiger partial charge in [-0.3, -0.25) is 9.11 Å². The molecule has 0 aromatic rings. The molecule has 0 unspecified atom stereocenters. The highest BCUT2D eigenvalue weighted by Crippen LogP contribution is 2.27. The van der Waals surface area contributed by atoms with Crippen LogP contribution < -0.4 is 5.32 Å². The van der Waals surface area contributed by atoms with Crippen LogP contribution in [0.2, 0.25) is 0 Å². The highest BCUT2D eigenvalue weighted by atomic mass is 32.2. The average molecular weight is 319 g/mol. The highest BCUT2D eigenvalue weighted by molar-refractivity contribution is 7.99. The van der Waals surface area contributed by atoms with E-state index in [1.165, 1.54) is 25.7 Å². The first-order valence-corrected chi connectivity index (χ1v) is 10.7. The number of rotatable bonds is 5. The molecular formula is C15H30N2OS2. The standard InChI is InChI=1S/C15H30N2OS2/c1-15(2,17-8-10-20(18)11-9-17)12-16-13-6-4-5-7-14(13)19-3/h13-14,16H,4-12H2,1-3H3/t13-,14+/m1/s1. The van der Waals surface area contributed by atoms with E-state index in [-0.39, 0.29) is 5.54 Å². The minimum Gasteiger partial charge on any atom is -0.311 e. The molecule has 0 aromatic carbocycles. The van der Waals surface area contributed by atoms with Crippen molar-refractivity contribution in [3.63, 3.8) is 0 Å². The third kappa shape index (κ3) is 4.46. The van der Waals surface area contributed by atoms with Crippen LogP contribution in [0.25, 0.3) is 0 Å². The maximum atomic E-state index is 11.5. The number of nitrogens with zero attached hydrogens (tertiary/aromatic N) is 1. The molecule has 1 heterocycles. The Balaban J connectivity index is 1.83. The normalized spacial score (nSPS) is 30.6. The van der Waals surface area contributed by atoms with Crippen LogP contribution in [0.4, 0.5) is 0 Å². The van der Waals surface area contributed by atoms with E-state index in [1.54, 1.807) is 0 Å². The van der Waals surface area contributed by atoms with Gasteiger partial charge in [-0.25, -0.2) is 0 Å². The Morgan fingerprint density at radius 2 is 1.90 bits per heavy atom. The highest BCUT2D eigenvalue weighted by Gasteiger charge is 2.31. The Hall–Kier alpha value is 0.420. The number of thioether (sulfide) groups is 1. The van der Waals surface area contributed by atoms with Crippen molar-refractivity contribution in [2.75, 3.05) is 37.4 Å². The second-order valence-corrected chi connectivity index (χ2v) is 9.47. The summed E-state index contributed by atoms with van der Waals surface area (Å²) >= 11 is 2.02. The van der Waals surface area contributed by atoms with E-state index in [0.717, 1.165) is 36.4 Å². The van der Waals surface area contributed by atoms with Crippen LogP contribution >= 0.6 is 11.8 Å². The summed E-state index contributed by atoms with van der Waals surface area (Å²) in [5.41, 5.74) is 0.172. The summed E-state index contributed by atoms with van der Waals surface area (Å²) in [6.45, 7) is 7.66. The quantitative estimate of drug-likeness (QED) is 0.841. The Bertz CT molecular complexity index is 326. The van der Waals surface area contributed by atoms with Crippen LogP contribution in [0, 0.1) is 0 Å². The molecule has 1 aliphatic carbocycles. The topological polar surface area (TPSA) is 32.3 Å². The van der Waals surface area contributed by atoms with Crippen LogP contribution in [0.1, 0.15) is 39.5 Å². The third-order valence-electron chi connectivity index (χ3n) is 4.84. The molecule has 2 fully saturated rings. The maximum absolute atomic E-state index is 11.5. The van der Waals surface area contributed by atoms with Gasteiger partial charge in [0.1, 0.15) is 0 Å². The van der Waals surface area contributed by atoms with Gasteiger partial charge in [0.25, 0.3) is 0 Å². The minimum atomic E-state index is -0.576. The number of hydrogen-bond acceptors (Lipinski definition) is 4. The summed E-state index contributed by atoms with van der Waals surface area (Å²) in [6.07, 6.45) is 7.70. The first-order valence-electron chi connectivity index (χ1n) is 7.89. The summed E-state index contributed by atoms with van der Waals surface area (Å²) in [4.78, 5) is 2.51. The van der Waals surface area contributed by atoms with Gasteiger partial charge in [0.05, 0.1) is 0 Å². The van der Waals surface area contributed by atoms with Gasteiger partial charge >= 0.3 is 0 Å². The molecule has 2 aliphatic rings. The second-order valence-electron chi connectivity index (χ2n) is 6.69. The Kier molecular flexibility index (Phi) is 6.39. The molecule has 0 radical (unpaired) electrons. The molecule has 0 aromatic heterocycles. The zero-order valence-corrected chi connectivity index (χ0v) is 14.8. The van der Waals surface area contributed by atoms with E-state index in [4.69, 9.17) is 0 Å². The summed E-state index contributed by atoms with van der Waals surface area (Å²) < 4.78 is 11.5. The van der Waals surface area contributed by atoms with Gasteiger partial charge in [-0.2, -0.15) is 11.8 Å². The molecule has 5 heteroatoms. The van der Waals surface area contributed by atoms with Crippen LogP contribution in [0.15, 0.2) is 0 Å². The predicted octanol–water partition coefficient (Wildman–Crippen LogP) is 2.09. The number of nitrogens with one attached hydrogen (secondary N) is 1. The molecule has 1 saturated carbocycles. The van der Waals surface area contributed by atoms with Crippen molar-refractivity contribution < 1.29 is 4.21 Å². The molecule has 0 bridgehead atoms. The fraction of sp³-hybridized carbons (Fsp3) is 1.00. The van der Waals surface area contributed by atoms with Crippen LogP contribution in [-0.2, 0) is 10.8 Å². The molecule has 2 atom stereocenters. The van der Waals surface area contributed by atoms with Crippen molar-refractivity contribution in [2.45, 2.75) is 56.4 Å². The van der Waals surface area contributed by atoms with E-state index in [0.29, 0.717) is 6.04 Å². The second kappa shape index (κ2) is 7.61. The van der Waals surface area contributed by atoms with Crippen LogP contribution in [0.5, 0.6) is 0 Å². The van der Waals surface area contributed by atoms with Gasteiger partial charge in [0, 0.05) is 58.8 Å². The van der Waals surface area contributed by atoms with Crippen molar-refractivity contribution in [2.24, 2.45) is 0 Å². The monoisotopic (exact) mass is 318 g/mol. The van der Waals surface area contributed by atoms with Crippen LogP contribution in [0.3, 0.4) is 0 Å². The Labute approximate surface area is 131 Å². The molecule has 3 nitrogen and oxygen atoms in total. The molecular weight excluding hydrogens is 288 g/mol. The number of hydrogen-bond donors (Lipinski definition) is 1. The van der Waals surface area contributed by atoms with Gasteiger partial charge in [0.2, 0.25) is 0 Å². The zero-order valence-electron chi connectivity index (χ0n) is 13.2. The first-order chi connectivity index (χ1) is 9.53. The van der Waals surface area contributed by atoms with Crippen molar-refractivity contribution in [3.8, 4) is 0 Å². The summed E-state index contributed by atoms with van der Waals surface area (Å²) in [7, 11) is -0.576. The first kappa shape index (κ1) is 16.8. The van der Waals surface area contributed by atoms with E-state index in [9.17, 15) is 4.21 Å². The Morgan fingerprint density at radius 3 is 2.55 bits per heavy atom. The summed E-state index contributed by atoms with van der Waals surface area (Å²) in [5.74, 6) is 1.70. The average Bonchev–Trinajstić information content (AvgIpc) is 2.46. The SMILES string of the molecule is CS[C@H]1CCCC[C@H]1NCC(C)(C)N1CCS(=O)CC1. The predicted molar refractivity (Wildman–Crippen MR) is 91.1 cm³/mol. The minimum absolute atomic E-state index is 0.172. The molecule has 118 valence electrons. The van der Waals surface area contributed by atoms with Gasteiger partial charge in [0.15, 0.2) is 0 Å². The molecule has 20 heavy (non-hydrogen) atoms. The zero-order chi connectivity index (χ0) is 14.6. The molecule has 1 saturated heterocycles. The lowest BCUT2D eigenvalue weighted by atomic mass is 9.93. The van der Waals surface area contributed by atoms with Gasteiger partial charge in [-0.15, -0.1) is 0 Å². The van der Waals surface area contributed by atoms with Crippen molar-refractivity contribution in [3.05, 3.63) is 0 Å². The smallest absolute Gasteiger partial charge is 0.0363 e. The largest absolute Gasteiger partial charge is 0.311 e. The van der Waals surface area contributed by atoms with Gasteiger partial charge in [-0.1, -0.05) is 12.8 Å². The van der Waals surface area contributed by atoms with Crippen molar-refractivity contribution >= 4 is 22.6 Å². The van der Waals surface area contributed by atoms with Gasteiger partial charge in [-0.05, 0) is 32.9 Å². The van der Waals surface area contributed by atoms with Gasteiger partial charge < -0.3 is 5.32 Å². The molecule has 0 amide bonds. The van der Waals surface area contributed by atoms with E-state index >= 15 is 0 Å². The van der Waals surface area contributed by atoms with E-state index in [2.05, 4.69) is 30.3 Å². The Morgan fingerprint density at radius 1 is 1.25 bits per heavy atom. The summed E-state index contributed by atoms with van der Waals surface area (Å²) in [5, 5.41) is 4.62. The van der Waals surface area contributed by atoms with Crippen LogP contribution in [-0.4, -0.2) is 63.3 Å². The lowest BCUT2D eigenvalue weighted by Crippen LogP contribution is -2.57. The molecule has 1 N–H and O–H groups in total. The molecule has 0 spiro atoms. The van der Waals surface area contributed by atoms with E-state index in [1.807, 2.05) is 11.8 Å². The van der Waals surface area contributed by atoms with Crippen molar-refractivity contribution in [1.82, 2.24) is 10.2 Å². The summed E-state index contributed by atoms with van der Waals surface area (Å²) in [6, 6.07) is 0.678.